The van der Waals surface area contributed by atoms with Crippen molar-refractivity contribution in [2.75, 3.05) is 6.61 Å². The van der Waals surface area contributed by atoms with Crippen LogP contribution in [0.25, 0.3) is 0 Å². The fourth-order valence-electron chi connectivity index (χ4n) is 1.60. The summed E-state index contributed by atoms with van der Waals surface area (Å²) < 4.78 is 5.42. The van der Waals surface area contributed by atoms with E-state index in [0.29, 0.717) is 6.61 Å². The number of carbonyl (C=O) groups excluding carboxylic acids is 1. The van der Waals surface area contributed by atoms with Crippen molar-refractivity contribution in [3.63, 3.8) is 0 Å². The van der Waals surface area contributed by atoms with Crippen LogP contribution in [-0.4, -0.2) is 17.5 Å². The van der Waals surface area contributed by atoms with Crippen molar-refractivity contribution in [2.24, 2.45) is 0 Å². The first-order chi connectivity index (χ1) is 6.77. The number of fused-ring (bicyclic) bond motifs is 1. The minimum atomic E-state index is -0.0338. The molecule has 0 aromatic carbocycles. The minimum absolute atomic E-state index is 0.00236. The largest absolute Gasteiger partial charge is 0.491 e. The summed E-state index contributed by atoms with van der Waals surface area (Å²) in [5.74, 6) is 0.742. The van der Waals surface area contributed by atoms with E-state index < -0.39 is 0 Å². The molecule has 2 heterocycles. The second-order valence-electron chi connectivity index (χ2n) is 3.28. The Bertz CT molecular complexity index is 352. The Morgan fingerprint density at radius 3 is 3.36 bits per heavy atom. The maximum Gasteiger partial charge on any atom is 0.217 e. The van der Waals surface area contributed by atoms with Gasteiger partial charge in [0.25, 0.3) is 0 Å². The van der Waals surface area contributed by atoms with Crippen molar-refractivity contribution in [1.82, 2.24) is 10.3 Å². The molecule has 2 rings (SSSR count). The minimum Gasteiger partial charge on any atom is -0.491 e. The van der Waals surface area contributed by atoms with Crippen LogP contribution in [0.3, 0.4) is 0 Å². The van der Waals surface area contributed by atoms with Crippen molar-refractivity contribution in [2.45, 2.75) is 19.4 Å². The number of ether oxygens (including phenoxy) is 1. The molecule has 0 radical (unpaired) electrons. The van der Waals surface area contributed by atoms with Crippen molar-refractivity contribution < 1.29 is 9.53 Å². The Kier molecular flexibility index (Phi) is 2.35. The second-order valence-corrected chi connectivity index (χ2v) is 3.28. The van der Waals surface area contributed by atoms with Crippen LogP contribution in [0.5, 0.6) is 5.75 Å². The molecule has 0 fully saturated rings. The molecular weight excluding hydrogens is 180 g/mol. The standard InChI is InChI=1S/C10H12N2O2/c1-7(13)12-8-4-6-14-9-3-2-5-11-10(8)9/h2-3,5,8H,4,6H2,1H3,(H,12,13)/t8-/m1/s1. The van der Waals surface area contributed by atoms with Gasteiger partial charge in [0.05, 0.1) is 12.6 Å². The predicted octanol–water partition coefficient (Wildman–Crippen LogP) is 1.04. The molecule has 0 spiro atoms. The molecule has 1 atom stereocenters. The SMILES string of the molecule is CC(=O)N[C@@H]1CCOc2cccnc21. The fourth-order valence-corrected chi connectivity index (χ4v) is 1.60. The van der Waals surface area contributed by atoms with Gasteiger partial charge < -0.3 is 10.1 Å². The van der Waals surface area contributed by atoms with Crippen LogP contribution in [0.2, 0.25) is 0 Å². The first-order valence-corrected chi connectivity index (χ1v) is 4.62. The van der Waals surface area contributed by atoms with Gasteiger partial charge >= 0.3 is 0 Å². The Labute approximate surface area is 82.3 Å². The van der Waals surface area contributed by atoms with E-state index in [0.717, 1.165) is 17.9 Å². The number of aromatic nitrogens is 1. The topological polar surface area (TPSA) is 51.2 Å². The van der Waals surface area contributed by atoms with Gasteiger partial charge in [-0.15, -0.1) is 0 Å². The molecule has 74 valence electrons. The number of amides is 1. The monoisotopic (exact) mass is 192 g/mol. The van der Waals surface area contributed by atoms with Gasteiger partial charge in [-0.25, -0.2) is 0 Å². The molecule has 14 heavy (non-hydrogen) atoms. The van der Waals surface area contributed by atoms with Crippen LogP contribution in [0.15, 0.2) is 18.3 Å². The number of nitrogens with one attached hydrogen (secondary N) is 1. The highest BCUT2D eigenvalue weighted by Crippen LogP contribution is 2.29. The average Bonchev–Trinajstić information content (AvgIpc) is 2.18. The summed E-state index contributed by atoms with van der Waals surface area (Å²) in [4.78, 5) is 15.2. The number of pyridine rings is 1. The van der Waals surface area contributed by atoms with Gasteiger partial charge in [-0.3, -0.25) is 9.78 Å². The summed E-state index contributed by atoms with van der Waals surface area (Å²) in [5.41, 5.74) is 0.828. The number of hydrogen-bond donors (Lipinski definition) is 1. The van der Waals surface area contributed by atoms with E-state index in [1.807, 2.05) is 12.1 Å². The number of nitrogens with zero attached hydrogens (tertiary/aromatic N) is 1. The molecule has 1 aliphatic heterocycles. The van der Waals surface area contributed by atoms with E-state index in [1.165, 1.54) is 6.92 Å². The molecule has 1 N–H and O–H groups in total. The van der Waals surface area contributed by atoms with Crippen LogP contribution < -0.4 is 10.1 Å². The third-order valence-electron chi connectivity index (χ3n) is 2.17. The van der Waals surface area contributed by atoms with Gasteiger partial charge in [0.2, 0.25) is 5.91 Å². The lowest BCUT2D eigenvalue weighted by molar-refractivity contribution is -0.119. The highest BCUT2D eigenvalue weighted by atomic mass is 16.5. The lowest BCUT2D eigenvalue weighted by Crippen LogP contribution is -2.31. The molecule has 1 aromatic heterocycles. The Morgan fingerprint density at radius 2 is 2.57 bits per heavy atom. The lowest BCUT2D eigenvalue weighted by Gasteiger charge is -2.24. The van der Waals surface area contributed by atoms with E-state index >= 15 is 0 Å². The maximum atomic E-state index is 10.9. The zero-order valence-corrected chi connectivity index (χ0v) is 7.99. The smallest absolute Gasteiger partial charge is 0.217 e. The number of carbonyl (C=O) groups is 1. The van der Waals surface area contributed by atoms with E-state index in [2.05, 4.69) is 10.3 Å². The van der Waals surface area contributed by atoms with Gasteiger partial charge in [-0.05, 0) is 12.1 Å². The summed E-state index contributed by atoms with van der Waals surface area (Å²) in [6, 6.07) is 3.70. The van der Waals surface area contributed by atoms with Gasteiger partial charge in [-0.1, -0.05) is 0 Å². The first-order valence-electron chi connectivity index (χ1n) is 4.62. The second kappa shape index (κ2) is 3.65. The van der Waals surface area contributed by atoms with E-state index in [1.54, 1.807) is 6.20 Å². The molecule has 0 unspecified atom stereocenters. The van der Waals surface area contributed by atoms with Crippen LogP contribution in [0, 0.1) is 0 Å². The predicted molar refractivity (Wildman–Crippen MR) is 50.9 cm³/mol. The molecule has 4 heteroatoms. The summed E-state index contributed by atoms with van der Waals surface area (Å²) in [6.07, 6.45) is 2.49. The van der Waals surface area contributed by atoms with Crippen LogP contribution in [0.4, 0.5) is 0 Å². The van der Waals surface area contributed by atoms with Gasteiger partial charge in [0.15, 0.2) is 0 Å². The zero-order valence-electron chi connectivity index (χ0n) is 7.99. The number of hydrogen-bond acceptors (Lipinski definition) is 3. The van der Waals surface area contributed by atoms with E-state index in [9.17, 15) is 4.79 Å². The van der Waals surface area contributed by atoms with Crippen molar-refractivity contribution >= 4 is 5.91 Å². The summed E-state index contributed by atoms with van der Waals surface area (Å²) >= 11 is 0. The molecular formula is C10H12N2O2. The molecule has 1 aromatic rings. The summed E-state index contributed by atoms with van der Waals surface area (Å²) in [5, 5.41) is 2.86. The highest BCUT2D eigenvalue weighted by Gasteiger charge is 2.22. The molecule has 0 bridgehead atoms. The third kappa shape index (κ3) is 1.69. The van der Waals surface area contributed by atoms with E-state index in [4.69, 9.17) is 4.74 Å². The van der Waals surface area contributed by atoms with E-state index in [-0.39, 0.29) is 11.9 Å². The maximum absolute atomic E-state index is 10.9. The Morgan fingerprint density at radius 1 is 1.71 bits per heavy atom. The quantitative estimate of drug-likeness (QED) is 0.723. The zero-order chi connectivity index (χ0) is 9.97. The first kappa shape index (κ1) is 8.99. The third-order valence-corrected chi connectivity index (χ3v) is 2.17. The van der Waals surface area contributed by atoms with Gasteiger partial charge in [0, 0.05) is 19.5 Å². The molecule has 0 aliphatic carbocycles. The molecule has 0 saturated heterocycles. The fraction of sp³-hybridized carbons (Fsp3) is 0.400. The number of rotatable bonds is 1. The summed E-state index contributed by atoms with van der Waals surface area (Å²) in [7, 11) is 0. The Hall–Kier alpha value is -1.58. The molecule has 1 amide bonds. The molecule has 1 aliphatic rings. The van der Waals surface area contributed by atoms with Crippen LogP contribution in [0.1, 0.15) is 25.1 Å². The van der Waals surface area contributed by atoms with Crippen LogP contribution in [-0.2, 0) is 4.79 Å². The molecule has 0 saturated carbocycles. The highest BCUT2D eigenvalue weighted by molar-refractivity contribution is 5.73. The Balaban J connectivity index is 2.26. The summed E-state index contributed by atoms with van der Waals surface area (Å²) in [6.45, 7) is 2.14. The van der Waals surface area contributed by atoms with Crippen molar-refractivity contribution in [3.05, 3.63) is 24.0 Å². The van der Waals surface area contributed by atoms with Gasteiger partial charge in [0.1, 0.15) is 11.4 Å². The van der Waals surface area contributed by atoms with Crippen LogP contribution >= 0.6 is 0 Å². The average molecular weight is 192 g/mol. The normalized spacial score (nSPS) is 19.4. The van der Waals surface area contributed by atoms with Crippen molar-refractivity contribution in [3.8, 4) is 5.75 Å². The van der Waals surface area contributed by atoms with Gasteiger partial charge in [-0.2, -0.15) is 0 Å². The lowest BCUT2D eigenvalue weighted by atomic mass is 10.1. The molecule has 4 nitrogen and oxygen atoms in total. The van der Waals surface area contributed by atoms with Crippen molar-refractivity contribution in [1.29, 1.82) is 0 Å².